The third-order valence-electron chi connectivity index (χ3n) is 3.57. The van der Waals surface area contributed by atoms with Crippen molar-refractivity contribution in [3.05, 3.63) is 21.7 Å². The molecule has 0 saturated carbocycles. The van der Waals surface area contributed by atoms with E-state index in [1.165, 1.54) is 36.5 Å². The van der Waals surface area contributed by atoms with Gasteiger partial charge in [-0.05, 0) is 13.8 Å². The second kappa shape index (κ2) is 6.61. The summed E-state index contributed by atoms with van der Waals surface area (Å²) in [5.74, 6) is 1.52. The van der Waals surface area contributed by atoms with Crippen molar-refractivity contribution in [3.63, 3.8) is 0 Å². The summed E-state index contributed by atoms with van der Waals surface area (Å²) in [6.45, 7) is 3.07. The third kappa shape index (κ3) is 3.24. The van der Waals surface area contributed by atoms with Crippen LogP contribution in [0.15, 0.2) is 0 Å². The maximum absolute atomic E-state index is 11.2. The quantitative estimate of drug-likeness (QED) is 0.453. The molecule has 0 unspecified atom stereocenters. The summed E-state index contributed by atoms with van der Waals surface area (Å²) in [6.07, 6.45) is 1.72. The molecule has 0 radical (unpaired) electrons. The second-order valence-corrected chi connectivity index (χ2v) is 7.95. The Kier molecular flexibility index (Phi) is 4.28. The van der Waals surface area contributed by atoms with E-state index in [0.717, 1.165) is 10.0 Å². The molecule has 0 amide bonds. The Hall–Kier alpha value is -2.60. The summed E-state index contributed by atoms with van der Waals surface area (Å²) < 4.78 is 3.34. The largest absolute Gasteiger partial charge is 0.300 e. The zero-order valence-electron chi connectivity index (χ0n) is 14.0. The van der Waals surface area contributed by atoms with Crippen LogP contribution in [0.5, 0.6) is 0 Å². The fourth-order valence-electron chi connectivity index (χ4n) is 2.50. The van der Waals surface area contributed by atoms with E-state index in [-0.39, 0.29) is 11.6 Å². The summed E-state index contributed by atoms with van der Waals surface area (Å²) in [5, 5.41) is 26.8. The van der Waals surface area contributed by atoms with Crippen LogP contribution >= 0.6 is 22.7 Å². The van der Waals surface area contributed by atoms with Crippen molar-refractivity contribution in [1.82, 2.24) is 39.6 Å². The smallest absolute Gasteiger partial charge is 0.234 e. The molecular weight excluding hydrogens is 376 g/mol. The molecule has 12 heteroatoms. The Balaban J connectivity index is 1.53. The Morgan fingerprint density at radius 3 is 1.58 bits per heavy atom. The number of Topliss-reactive ketones (excluding diaryl/α,β-unsaturated/α-hetero) is 2. The lowest BCUT2D eigenvalue weighted by molar-refractivity contribution is -0.117. The van der Waals surface area contributed by atoms with E-state index in [4.69, 9.17) is 0 Å². The average Bonchev–Trinajstić information content (AvgIpc) is 3.26. The van der Waals surface area contributed by atoms with Crippen molar-refractivity contribution in [3.8, 4) is 0 Å². The van der Waals surface area contributed by atoms with Crippen molar-refractivity contribution in [2.75, 3.05) is 0 Å². The average molecular weight is 390 g/mol. The Morgan fingerprint density at radius 1 is 0.769 bits per heavy atom. The molecule has 0 aliphatic carbocycles. The van der Waals surface area contributed by atoms with Crippen molar-refractivity contribution < 1.29 is 9.59 Å². The highest BCUT2D eigenvalue weighted by atomic mass is 32.1. The van der Waals surface area contributed by atoms with Crippen LogP contribution in [-0.2, 0) is 35.3 Å². The fraction of sp³-hybridized carbons (Fsp3) is 0.429. The van der Waals surface area contributed by atoms with Gasteiger partial charge < -0.3 is 0 Å². The van der Waals surface area contributed by atoms with Gasteiger partial charge in [0.2, 0.25) is 9.92 Å². The topological polar surface area (TPSA) is 120 Å². The molecule has 4 aromatic heterocycles. The van der Waals surface area contributed by atoms with Gasteiger partial charge in [-0.25, -0.2) is 0 Å². The first-order valence-electron chi connectivity index (χ1n) is 7.88. The van der Waals surface area contributed by atoms with Crippen LogP contribution in [0.1, 0.15) is 35.5 Å². The van der Waals surface area contributed by atoms with Crippen LogP contribution in [0, 0.1) is 0 Å². The number of aryl methyl sites for hydroxylation is 2. The van der Waals surface area contributed by atoms with Gasteiger partial charge in [0.1, 0.15) is 21.6 Å². The first-order chi connectivity index (χ1) is 12.5. The molecule has 10 nitrogen and oxygen atoms in total. The van der Waals surface area contributed by atoms with Gasteiger partial charge in [-0.3, -0.25) is 9.59 Å². The highest BCUT2D eigenvalue weighted by Gasteiger charge is 2.16. The second-order valence-electron chi connectivity index (χ2n) is 5.87. The Bertz CT molecular complexity index is 1030. The monoisotopic (exact) mass is 390 g/mol. The zero-order valence-corrected chi connectivity index (χ0v) is 15.7. The van der Waals surface area contributed by atoms with E-state index in [0.29, 0.717) is 47.3 Å². The molecule has 0 spiro atoms. The SMILES string of the molecule is CC(=O)Cc1nn2c(CCc3nnc4sc(CC(C)=O)nn34)nnc2s1. The fourth-order valence-corrected chi connectivity index (χ4v) is 4.34. The lowest BCUT2D eigenvalue weighted by Crippen LogP contribution is -2.05. The summed E-state index contributed by atoms with van der Waals surface area (Å²) in [5.41, 5.74) is 0. The molecular formula is C14H14N8O2S2. The molecule has 0 atom stereocenters. The number of fused-ring (bicyclic) bond motifs is 2. The predicted molar refractivity (Wildman–Crippen MR) is 93.5 cm³/mol. The molecule has 0 aliphatic heterocycles. The van der Waals surface area contributed by atoms with Crippen molar-refractivity contribution >= 4 is 44.2 Å². The number of hydrogen-bond acceptors (Lipinski definition) is 10. The minimum absolute atomic E-state index is 0.0623. The van der Waals surface area contributed by atoms with Crippen LogP contribution in [0.4, 0.5) is 0 Å². The van der Waals surface area contributed by atoms with Crippen molar-refractivity contribution in [1.29, 1.82) is 0 Å². The van der Waals surface area contributed by atoms with E-state index in [2.05, 4.69) is 30.6 Å². The molecule has 0 bridgehead atoms. The van der Waals surface area contributed by atoms with Gasteiger partial charge in [0, 0.05) is 12.8 Å². The Labute approximate surface area is 154 Å². The Morgan fingerprint density at radius 2 is 1.19 bits per heavy atom. The van der Waals surface area contributed by atoms with E-state index >= 15 is 0 Å². The van der Waals surface area contributed by atoms with Crippen LogP contribution in [0.25, 0.3) is 9.92 Å². The van der Waals surface area contributed by atoms with Crippen LogP contribution < -0.4 is 0 Å². The van der Waals surface area contributed by atoms with Gasteiger partial charge in [-0.2, -0.15) is 19.2 Å². The maximum atomic E-state index is 11.2. The molecule has 4 rings (SSSR count). The van der Waals surface area contributed by atoms with Gasteiger partial charge in [0.25, 0.3) is 0 Å². The normalized spacial score (nSPS) is 11.6. The molecule has 0 aliphatic rings. The lowest BCUT2D eigenvalue weighted by Gasteiger charge is -1.96. The first-order valence-corrected chi connectivity index (χ1v) is 9.52. The zero-order chi connectivity index (χ0) is 18.3. The molecule has 0 aromatic carbocycles. The van der Waals surface area contributed by atoms with E-state index in [1.807, 2.05) is 0 Å². The molecule has 0 saturated heterocycles. The molecule has 4 heterocycles. The summed E-state index contributed by atoms with van der Waals surface area (Å²) in [6, 6.07) is 0. The minimum Gasteiger partial charge on any atom is -0.300 e. The summed E-state index contributed by atoms with van der Waals surface area (Å²) in [7, 11) is 0. The molecule has 0 N–H and O–H groups in total. The minimum atomic E-state index is 0.0623. The van der Waals surface area contributed by atoms with Crippen molar-refractivity contribution in [2.24, 2.45) is 0 Å². The van der Waals surface area contributed by atoms with Gasteiger partial charge in [0.05, 0.1) is 12.8 Å². The standard InChI is InChI=1S/C14H14N8O2S2/c1-7(23)5-11-19-21-9(15-17-13(21)25-11)3-4-10-16-18-14-22(10)20-12(26-14)6-8(2)24/h3-6H2,1-2H3. The van der Waals surface area contributed by atoms with Crippen LogP contribution in [0.3, 0.4) is 0 Å². The van der Waals surface area contributed by atoms with Crippen molar-refractivity contribution in [2.45, 2.75) is 39.5 Å². The van der Waals surface area contributed by atoms with Gasteiger partial charge in [-0.1, -0.05) is 22.7 Å². The number of hydrogen-bond donors (Lipinski definition) is 0. The third-order valence-corrected chi connectivity index (χ3v) is 5.36. The molecule has 4 aromatic rings. The number of ketones is 2. The summed E-state index contributed by atoms with van der Waals surface area (Å²) >= 11 is 2.73. The molecule has 134 valence electrons. The van der Waals surface area contributed by atoms with E-state index in [9.17, 15) is 9.59 Å². The molecule has 26 heavy (non-hydrogen) atoms. The van der Waals surface area contributed by atoms with Crippen LogP contribution in [-0.4, -0.2) is 51.2 Å². The highest BCUT2D eigenvalue weighted by Crippen LogP contribution is 2.17. The number of rotatable bonds is 7. The number of carbonyl (C=O) groups is 2. The van der Waals surface area contributed by atoms with Gasteiger partial charge in [0.15, 0.2) is 11.6 Å². The predicted octanol–water partition coefficient (Wildman–Crippen LogP) is 0.733. The lowest BCUT2D eigenvalue weighted by atomic mass is 10.3. The van der Waals surface area contributed by atoms with E-state index in [1.54, 1.807) is 9.03 Å². The molecule has 0 fully saturated rings. The number of nitrogens with zero attached hydrogens (tertiary/aromatic N) is 8. The summed E-state index contributed by atoms with van der Waals surface area (Å²) in [4.78, 5) is 23.8. The number of aromatic nitrogens is 8. The van der Waals surface area contributed by atoms with E-state index < -0.39 is 0 Å². The van der Waals surface area contributed by atoms with Gasteiger partial charge >= 0.3 is 0 Å². The first kappa shape index (κ1) is 16.8. The van der Waals surface area contributed by atoms with Crippen LogP contribution in [0.2, 0.25) is 0 Å². The maximum Gasteiger partial charge on any atom is 0.234 e. The highest BCUT2D eigenvalue weighted by molar-refractivity contribution is 7.17. The number of carbonyl (C=O) groups excluding carboxylic acids is 2. The van der Waals surface area contributed by atoms with Gasteiger partial charge in [-0.15, -0.1) is 20.4 Å².